The molecule has 2 rings (SSSR count). The van der Waals surface area contributed by atoms with Gasteiger partial charge in [0, 0.05) is 15.8 Å². The molecule has 94 valence electrons. The predicted molar refractivity (Wildman–Crippen MR) is 82.7 cm³/mol. The van der Waals surface area contributed by atoms with Crippen LogP contribution in [0.1, 0.15) is 19.8 Å². The third-order valence-corrected chi connectivity index (χ3v) is 6.13. The van der Waals surface area contributed by atoms with Gasteiger partial charge in [0.15, 0.2) is 0 Å². The normalized spacial score (nSPS) is 24.7. The molecule has 1 aliphatic heterocycles. The standard InChI is InChI=1S/C12H14BrCl2NS/c1-7-9(3-2-6-17-7)16-10-5-4-8(13)11(14)12(10)15/h4-5,7,9,16H,2-3,6H2,1H3. The predicted octanol–water partition coefficient (Wildman–Crippen LogP) is 5.45. The highest BCUT2D eigenvalue weighted by molar-refractivity contribution is 9.10. The van der Waals surface area contributed by atoms with Gasteiger partial charge in [0.25, 0.3) is 0 Å². The molecule has 2 atom stereocenters. The first-order chi connectivity index (χ1) is 8.09. The van der Waals surface area contributed by atoms with Crippen LogP contribution in [0.2, 0.25) is 10.0 Å². The fourth-order valence-corrected chi connectivity index (χ4v) is 3.92. The van der Waals surface area contributed by atoms with E-state index in [4.69, 9.17) is 23.2 Å². The fraction of sp³-hybridized carbons (Fsp3) is 0.500. The molecule has 0 aliphatic carbocycles. The van der Waals surface area contributed by atoms with Gasteiger partial charge in [-0.15, -0.1) is 0 Å². The molecule has 0 aromatic heterocycles. The minimum atomic E-state index is 0.475. The number of halogens is 3. The number of thioether (sulfide) groups is 1. The first kappa shape index (κ1) is 13.9. The van der Waals surface area contributed by atoms with Crippen LogP contribution in [0.5, 0.6) is 0 Å². The average Bonchev–Trinajstić information content (AvgIpc) is 2.32. The Morgan fingerprint density at radius 2 is 2.12 bits per heavy atom. The molecule has 0 bridgehead atoms. The molecule has 1 aliphatic rings. The topological polar surface area (TPSA) is 12.0 Å². The molecule has 0 spiro atoms. The third kappa shape index (κ3) is 3.25. The summed E-state index contributed by atoms with van der Waals surface area (Å²) in [7, 11) is 0. The first-order valence-corrected chi connectivity index (χ1v) is 8.21. The lowest BCUT2D eigenvalue weighted by Gasteiger charge is -2.30. The molecular weight excluding hydrogens is 341 g/mol. The molecular formula is C12H14BrCl2NS. The molecule has 0 radical (unpaired) electrons. The summed E-state index contributed by atoms with van der Waals surface area (Å²) >= 11 is 17.7. The van der Waals surface area contributed by atoms with E-state index in [1.54, 1.807) is 0 Å². The van der Waals surface area contributed by atoms with Crippen LogP contribution in [0.25, 0.3) is 0 Å². The molecule has 1 nitrogen and oxygen atoms in total. The van der Waals surface area contributed by atoms with E-state index in [2.05, 4.69) is 28.2 Å². The minimum absolute atomic E-state index is 0.475. The quantitative estimate of drug-likeness (QED) is 0.708. The van der Waals surface area contributed by atoms with Crippen LogP contribution in [0.15, 0.2) is 16.6 Å². The van der Waals surface area contributed by atoms with Crippen molar-refractivity contribution in [3.8, 4) is 0 Å². The lowest BCUT2D eigenvalue weighted by atomic mass is 10.1. The number of rotatable bonds is 2. The molecule has 2 unspecified atom stereocenters. The van der Waals surface area contributed by atoms with Gasteiger partial charge in [-0.1, -0.05) is 30.1 Å². The summed E-state index contributed by atoms with van der Waals surface area (Å²) in [4.78, 5) is 0. The summed E-state index contributed by atoms with van der Waals surface area (Å²) in [6, 6.07) is 4.38. The van der Waals surface area contributed by atoms with Gasteiger partial charge in [-0.2, -0.15) is 11.8 Å². The van der Waals surface area contributed by atoms with Gasteiger partial charge >= 0.3 is 0 Å². The molecule has 1 N–H and O–H groups in total. The minimum Gasteiger partial charge on any atom is -0.380 e. The summed E-state index contributed by atoms with van der Waals surface area (Å²) < 4.78 is 0.834. The van der Waals surface area contributed by atoms with Crippen molar-refractivity contribution < 1.29 is 0 Å². The largest absolute Gasteiger partial charge is 0.380 e. The Kier molecular flexibility index (Phi) is 4.93. The van der Waals surface area contributed by atoms with Crippen LogP contribution < -0.4 is 5.32 Å². The Labute approximate surface area is 125 Å². The van der Waals surface area contributed by atoms with E-state index >= 15 is 0 Å². The first-order valence-electron chi connectivity index (χ1n) is 5.61. The lowest BCUT2D eigenvalue weighted by molar-refractivity contribution is 0.617. The van der Waals surface area contributed by atoms with Crippen molar-refractivity contribution >= 4 is 56.6 Å². The molecule has 5 heteroatoms. The van der Waals surface area contributed by atoms with Crippen molar-refractivity contribution in [1.82, 2.24) is 0 Å². The van der Waals surface area contributed by atoms with Crippen molar-refractivity contribution in [1.29, 1.82) is 0 Å². The Morgan fingerprint density at radius 1 is 1.35 bits per heavy atom. The van der Waals surface area contributed by atoms with Gasteiger partial charge in [0.2, 0.25) is 0 Å². The Morgan fingerprint density at radius 3 is 2.82 bits per heavy atom. The van der Waals surface area contributed by atoms with E-state index in [-0.39, 0.29) is 0 Å². The van der Waals surface area contributed by atoms with Crippen LogP contribution >= 0.6 is 50.9 Å². The van der Waals surface area contributed by atoms with E-state index in [0.29, 0.717) is 21.3 Å². The van der Waals surface area contributed by atoms with Gasteiger partial charge < -0.3 is 5.32 Å². The maximum Gasteiger partial charge on any atom is 0.0835 e. The third-order valence-electron chi connectivity index (χ3n) is 2.98. The number of hydrogen-bond donors (Lipinski definition) is 1. The molecule has 1 saturated heterocycles. The van der Waals surface area contributed by atoms with Gasteiger partial charge in [-0.05, 0) is 46.7 Å². The van der Waals surface area contributed by atoms with E-state index in [1.165, 1.54) is 18.6 Å². The Bertz CT molecular complexity index is 414. The highest BCUT2D eigenvalue weighted by Gasteiger charge is 2.22. The fourth-order valence-electron chi connectivity index (χ4n) is 1.95. The zero-order valence-corrected chi connectivity index (χ0v) is 13.4. The SMILES string of the molecule is CC1SCCCC1Nc1ccc(Br)c(Cl)c1Cl. The van der Waals surface area contributed by atoms with Crippen LogP contribution in [-0.4, -0.2) is 17.0 Å². The molecule has 1 fully saturated rings. The maximum absolute atomic E-state index is 6.23. The summed E-state index contributed by atoms with van der Waals surface area (Å²) in [5.74, 6) is 1.26. The summed E-state index contributed by atoms with van der Waals surface area (Å²) in [6.07, 6.45) is 2.45. The van der Waals surface area contributed by atoms with Crippen molar-refractivity contribution in [2.45, 2.75) is 31.1 Å². The van der Waals surface area contributed by atoms with Gasteiger partial charge in [0.05, 0.1) is 15.7 Å². The van der Waals surface area contributed by atoms with Crippen molar-refractivity contribution in [3.05, 3.63) is 26.7 Å². The van der Waals surface area contributed by atoms with Crippen molar-refractivity contribution in [3.63, 3.8) is 0 Å². The highest BCUT2D eigenvalue weighted by atomic mass is 79.9. The zero-order chi connectivity index (χ0) is 12.4. The monoisotopic (exact) mass is 353 g/mol. The van der Waals surface area contributed by atoms with Gasteiger partial charge in [0.1, 0.15) is 0 Å². The zero-order valence-electron chi connectivity index (χ0n) is 9.47. The number of anilines is 1. The smallest absolute Gasteiger partial charge is 0.0835 e. The maximum atomic E-state index is 6.23. The Hall–Kier alpha value is 0.430. The van der Waals surface area contributed by atoms with Crippen LogP contribution in [0.3, 0.4) is 0 Å². The van der Waals surface area contributed by atoms with E-state index in [9.17, 15) is 0 Å². The summed E-state index contributed by atoms with van der Waals surface area (Å²) in [5.41, 5.74) is 0.930. The molecule has 1 heterocycles. The van der Waals surface area contributed by atoms with Crippen LogP contribution in [0, 0.1) is 0 Å². The van der Waals surface area contributed by atoms with E-state index in [1.807, 2.05) is 23.9 Å². The molecule has 0 amide bonds. The number of benzene rings is 1. The molecule has 1 aromatic rings. The highest BCUT2D eigenvalue weighted by Crippen LogP contribution is 2.37. The summed E-state index contributed by atoms with van der Waals surface area (Å²) in [6.45, 7) is 2.26. The number of nitrogens with one attached hydrogen (secondary N) is 1. The molecule has 1 aromatic carbocycles. The van der Waals surface area contributed by atoms with E-state index < -0.39 is 0 Å². The average molecular weight is 355 g/mol. The van der Waals surface area contributed by atoms with Crippen LogP contribution in [0.4, 0.5) is 5.69 Å². The van der Waals surface area contributed by atoms with Crippen LogP contribution in [-0.2, 0) is 0 Å². The van der Waals surface area contributed by atoms with Gasteiger partial charge in [-0.25, -0.2) is 0 Å². The second-order valence-electron chi connectivity index (χ2n) is 4.19. The summed E-state index contributed by atoms with van der Waals surface area (Å²) in [5, 5.41) is 5.30. The molecule has 17 heavy (non-hydrogen) atoms. The van der Waals surface area contributed by atoms with Crippen molar-refractivity contribution in [2.24, 2.45) is 0 Å². The second-order valence-corrected chi connectivity index (χ2v) is 7.29. The lowest BCUT2D eigenvalue weighted by Crippen LogP contribution is -2.32. The van der Waals surface area contributed by atoms with Gasteiger partial charge in [-0.3, -0.25) is 0 Å². The van der Waals surface area contributed by atoms with E-state index in [0.717, 1.165) is 10.2 Å². The number of hydrogen-bond acceptors (Lipinski definition) is 2. The Balaban J connectivity index is 2.15. The second kappa shape index (κ2) is 6.05. The molecule has 0 saturated carbocycles. The van der Waals surface area contributed by atoms with Crippen molar-refractivity contribution in [2.75, 3.05) is 11.1 Å².